The number of sulfonamides is 1. The van der Waals surface area contributed by atoms with E-state index in [1.807, 2.05) is 6.92 Å². The van der Waals surface area contributed by atoms with Crippen LogP contribution in [0, 0.1) is 0 Å². The molecule has 0 aliphatic heterocycles. The summed E-state index contributed by atoms with van der Waals surface area (Å²) in [7, 11) is -1.36. The number of aromatic nitrogens is 3. The molecule has 0 radical (unpaired) electrons. The molecule has 11 heteroatoms. The Balaban J connectivity index is 1.97. The van der Waals surface area contributed by atoms with Crippen LogP contribution >= 0.6 is 0 Å². The number of benzene rings is 1. The van der Waals surface area contributed by atoms with Crippen molar-refractivity contribution < 1.29 is 26.7 Å². The number of nitrogens with zero attached hydrogens (tertiary/aromatic N) is 3. The number of alkyl halides is 2. The van der Waals surface area contributed by atoms with Crippen LogP contribution in [0.15, 0.2) is 35.4 Å². The van der Waals surface area contributed by atoms with Gasteiger partial charge in [-0.2, -0.15) is 4.72 Å². The zero-order valence-corrected chi connectivity index (χ0v) is 17.7. The highest BCUT2D eigenvalue weighted by molar-refractivity contribution is 7.89. The quantitative estimate of drug-likeness (QED) is 0.570. The minimum atomic E-state index is -4.01. The monoisotopic (exact) mass is 440 g/mol. The zero-order chi connectivity index (χ0) is 22.2. The Morgan fingerprint density at radius 1 is 1.27 bits per heavy atom. The van der Waals surface area contributed by atoms with Crippen LogP contribution in [0.5, 0.6) is 0 Å². The summed E-state index contributed by atoms with van der Waals surface area (Å²) in [6.07, 6.45) is -2.62. The van der Waals surface area contributed by atoms with Gasteiger partial charge in [0.25, 0.3) is 16.4 Å². The molecule has 2 heterocycles. The number of carbonyl (C=O) groups excluding carboxylic acids is 1. The number of halogens is 2. The Morgan fingerprint density at radius 3 is 2.57 bits per heavy atom. The van der Waals surface area contributed by atoms with Gasteiger partial charge in [0.1, 0.15) is 11.5 Å². The van der Waals surface area contributed by atoms with Gasteiger partial charge < -0.3 is 13.9 Å². The highest BCUT2D eigenvalue weighted by Gasteiger charge is 2.27. The number of hydrogen-bond acceptors (Lipinski definition) is 5. The number of imidazole rings is 1. The first-order chi connectivity index (χ1) is 14.1. The lowest BCUT2D eigenvalue weighted by Gasteiger charge is -2.16. The smallest absolute Gasteiger partial charge is 0.354 e. The lowest BCUT2D eigenvalue weighted by molar-refractivity contribution is 0.0589. The van der Waals surface area contributed by atoms with Crippen molar-refractivity contribution in [3.8, 4) is 0 Å². The summed E-state index contributed by atoms with van der Waals surface area (Å²) in [5.74, 6) is -0.264. The summed E-state index contributed by atoms with van der Waals surface area (Å²) in [5, 5.41) is -0.117. The molecule has 0 saturated carbocycles. The Hall–Kier alpha value is -2.79. The van der Waals surface area contributed by atoms with Gasteiger partial charge in [-0.05, 0) is 38.1 Å². The normalized spacial score (nSPS) is 13.2. The minimum Gasteiger partial charge on any atom is -0.464 e. The number of nitrogens with one attached hydrogen (secondary N) is 1. The average Bonchev–Trinajstić information content (AvgIpc) is 3.27. The van der Waals surface area contributed by atoms with Crippen LogP contribution in [0.2, 0.25) is 0 Å². The van der Waals surface area contributed by atoms with Crippen molar-refractivity contribution in [2.24, 2.45) is 7.05 Å². The number of methoxy groups -OCH3 is 1. The van der Waals surface area contributed by atoms with Crippen molar-refractivity contribution in [2.75, 3.05) is 7.11 Å². The van der Waals surface area contributed by atoms with E-state index in [4.69, 9.17) is 0 Å². The second-order valence-corrected chi connectivity index (χ2v) is 8.37. The predicted octanol–water partition coefficient (Wildman–Crippen LogP) is 3.16. The summed E-state index contributed by atoms with van der Waals surface area (Å²) >= 11 is 0. The Morgan fingerprint density at radius 2 is 1.97 bits per heavy atom. The summed E-state index contributed by atoms with van der Waals surface area (Å²) in [6.45, 7) is 3.85. The summed E-state index contributed by atoms with van der Waals surface area (Å²) in [5.41, 5.74) is 0.958. The predicted molar refractivity (Wildman–Crippen MR) is 106 cm³/mol. The first-order valence-corrected chi connectivity index (χ1v) is 10.6. The molecule has 8 nitrogen and oxygen atoms in total. The molecule has 1 N–H and O–H groups in total. The molecule has 0 aliphatic carbocycles. The first-order valence-electron chi connectivity index (χ1n) is 9.15. The molecule has 162 valence electrons. The molecule has 0 saturated heterocycles. The third kappa shape index (κ3) is 3.82. The van der Waals surface area contributed by atoms with Gasteiger partial charge in [0.2, 0.25) is 0 Å². The molecule has 3 rings (SSSR count). The van der Waals surface area contributed by atoms with Gasteiger partial charge in [0.05, 0.1) is 24.2 Å². The Bertz CT molecular complexity index is 1200. The maximum atomic E-state index is 13.1. The number of aryl methyl sites for hydroxylation is 1. The van der Waals surface area contributed by atoms with E-state index in [0.717, 1.165) is 0 Å². The fourth-order valence-electron chi connectivity index (χ4n) is 3.37. The van der Waals surface area contributed by atoms with Crippen LogP contribution in [0.4, 0.5) is 8.78 Å². The van der Waals surface area contributed by atoms with E-state index < -0.39 is 28.5 Å². The number of ether oxygens (including phenoxy) is 1. The lowest BCUT2D eigenvalue weighted by atomic mass is 10.2. The van der Waals surface area contributed by atoms with E-state index in [1.54, 1.807) is 11.5 Å². The molecule has 0 bridgehead atoms. The van der Waals surface area contributed by atoms with Gasteiger partial charge in [-0.3, -0.25) is 0 Å². The van der Waals surface area contributed by atoms with E-state index in [9.17, 15) is 22.0 Å². The second-order valence-electron chi connectivity index (χ2n) is 6.71. The van der Waals surface area contributed by atoms with Crippen molar-refractivity contribution in [2.45, 2.75) is 37.9 Å². The molecule has 1 aromatic carbocycles. The Labute approximate surface area is 172 Å². The molecule has 0 aliphatic rings. The van der Waals surface area contributed by atoms with Gasteiger partial charge >= 0.3 is 5.97 Å². The maximum Gasteiger partial charge on any atom is 0.354 e. The zero-order valence-electron chi connectivity index (χ0n) is 16.9. The van der Waals surface area contributed by atoms with Crippen LogP contribution in [0.3, 0.4) is 0 Å². The van der Waals surface area contributed by atoms with E-state index >= 15 is 0 Å². The first kappa shape index (κ1) is 21.9. The fraction of sp³-hybridized carbons (Fsp3) is 0.368. The number of carbonyl (C=O) groups is 1. The van der Waals surface area contributed by atoms with Crippen molar-refractivity contribution in [3.63, 3.8) is 0 Å². The number of rotatable bonds is 7. The van der Waals surface area contributed by atoms with Crippen LogP contribution in [-0.4, -0.2) is 35.6 Å². The molecule has 0 spiro atoms. The van der Waals surface area contributed by atoms with Crippen molar-refractivity contribution >= 4 is 27.0 Å². The van der Waals surface area contributed by atoms with Gasteiger partial charge in [-0.25, -0.2) is 27.0 Å². The third-order valence-electron chi connectivity index (χ3n) is 4.83. The maximum absolute atomic E-state index is 13.1. The molecule has 2 aromatic heterocycles. The number of fused-ring (bicyclic) bond motifs is 1. The minimum absolute atomic E-state index is 0.0888. The van der Waals surface area contributed by atoms with Crippen LogP contribution in [-0.2, 0) is 28.4 Å². The second kappa shape index (κ2) is 8.15. The summed E-state index contributed by atoms with van der Waals surface area (Å²) in [4.78, 5) is 16.2. The lowest BCUT2D eigenvalue weighted by Crippen LogP contribution is -2.30. The van der Waals surface area contributed by atoms with Crippen molar-refractivity contribution in [1.82, 2.24) is 18.8 Å². The van der Waals surface area contributed by atoms with Gasteiger partial charge in [0.15, 0.2) is 5.03 Å². The fourth-order valence-corrected chi connectivity index (χ4v) is 4.77. The van der Waals surface area contributed by atoms with E-state index in [0.29, 0.717) is 23.4 Å². The Kier molecular flexibility index (Phi) is 5.95. The average molecular weight is 440 g/mol. The van der Waals surface area contributed by atoms with E-state index in [-0.39, 0.29) is 16.3 Å². The molecule has 0 fully saturated rings. The standard InChI is InChI=1S/C19H22F2N4O4S/c1-5-25-15-10-12(17(20)21)6-7-13(15)22-18(25)11(2)23-30(27,28)16-9-8-14(24(16)3)19(26)29-4/h6-11,17,23H,5H2,1-4H3/t11-/m1/s1. The topological polar surface area (TPSA) is 95.2 Å². The van der Waals surface area contributed by atoms with Crippen molar-refractivity contribution in [3.05, 3.63) is 47.4 Å². The van der Waals surface area contributed by atoms with Crippen LogP contribution in [0.1, 0.15) is 48.2 Å². The highest BCUT2D eigenvalue weighted by Crippen LogP contribution is 2.27. The van der Waals surface area contributed by atoms with Crippen LogP contribution < -0.4 is 4.72 Å². The summed E-state index contributed by atoms with van der Waals surface area (Å²) < 4.78 is 62.0. The molecular weight excluding hydrogens is 418 g/mol. The molecule has 0 unspecified atom stereocenters. The largest absolute Gasteiger partial charge is 0.464 e. The highest BCUT2D eigenvalue weighted by atomic mass is 32.2. The number of hydrogen-bond donors (Lipinski definition) is 1. The molecule has 3 aromatic rings. The SMILES string of the molecule is CCn1c([C@@H](C)NS(=O)(=O)c2ccc(C(=O)OC)n2C)nc2ccc(C(F)F)cc21. The third-order valence-corrected chi connectivity index (χ3v) is 6.46. The number of esters is 1. The van der Waals surface area contributed by atoms with Gasteiger partial charge in [-0.15, -0.1) is 0 Å². The van der Waals surface area contributed by atoms with Crippen LogP contribution in [0.25, 0.3) is 11.0 Å². The molecule has 30 heavy (non-hydrogen) atoms. The molecule has 0 amide bonds. The van der Waals surface area contributed by atoms with Gasteiger partial charge in [-0.1, -0.05) is 6.07 Å². The van der Waals surface area contributed by atoms with Crippen molar-refractivity contribution in [1.29, 1.82) is 0 Å². The molecule has 1 atom stereocenters. The van der Waals surface area contributed by atoms with E-state index in [1.165, 1.54) is 49.1 Å². The van der Waals surface area contributed by atoms with E-state index in [2.05, 4.69) is 14.4 Å². The summed E-state index contributed by atoms with van der Waals surface area (Å²) in [6, 6.07) is 6.07. The van der Waals surface area contributed by atoms with Gasteiger partial charge in [0, 0.05) is 19.2 Å². The molecular formula is C19H22F2N4O4S.